The number of aromatic nitrogens is 1. The average molecular weight is 351 g/mol. The molecule has 24 heavy (non-hydrogen) atoms. The molecule has 1 aromatic heterocycles. The lowest BCUT2D eigenvalue weighted by Crippen LogP contribution is -2.50. The number of nitrogens with zero attached hydrogens (tertiary/aromatic N) is 3. The zero-order valence-electron chi connectivity index (χ0n) is 14.7. The maximum atomic E-state index is 12.7. The van der Waals surface area contributed by atoms with Gasteiger partial charge in [0.2, 0.25) is 0 Å². The van der Waals surface area contributed by atoms with E-state index in [9.17, 15) is 9.59 Å². The Balaban J connectivity index is 1.64. The highest BCUT2D eigenvalue weighted by Crippen LogP contribution is 2.28. The number of thiazole rings is 1. The molecule has 2 aliphatic rings. The van der Waals surface area contributed by atoms with Crippen molar-refractivity contribution < 1.29 is 14.3 Å². The average Bonchev–Trinajstić information content (AvgIpc) is 3.09. The van der Waals surface area contributed by atoms with Crippen molar-refractivity contribution in [2.45, 2.75) is 52.6 Å². The molecular formula is C17H25N3O3S. The Morgan fingerprint density at radius 3 is 2.50 bits per heavy atom. The highest BCUT2D eigenvalue weighted by atomic mass is 32.1. The van der Waals surface area contributed by atoms with E-state index >= 15 is 0 Å². The first-order valence-corrected chi connectivity index (χ1v) is 9.38. The normalized spacial score (nSPS) is 22.4. The van der Waals surface area contributed by atoms with Crippen LogP contribution in [0.4, 0.5) is 4.79 Å². The van der Waals surface area contributed by atoms with E-state index in [0.29, 0.717) is 25.6 Å². The molecule has 1 unspecified atom stereocenters. The maximum Gasteiger partial charge on any atom is 0.410 e. The summed E-state index contributed by atoms with van der Waals surface area (Å²) in [5.74, 6) is 0.444. The van der Waals surface area contributed by atoms with E-state index in [0.717, 1.165) is 28.4 Å². The molecule has 3 rings (SSSR count). The molecule has 0 aromatic carbocycles. The SMILES string of the molecule is Cc1nc(C)c(C(=O)N2CCC(N3C(=O)OCC3C(C)C)CC2)s1. The summed E-state index contributed by atoms with van der Waals surface area (Å²) in [7, 11) is 0. The summed E-state index contributed by atoms with van der Waals surface area (Å²) in [4.78, 5) is 33.7. The minimum absolute atomic E-state index is 0.0703. The molecule has 2 aliphatic heterocycles. The van der Waals surface area contributed by atoms with Crippen molar-refractivity contribution in [3.8, 4) is 0 Å². The largest absolute Gasteiger partial charge is 0.447 e. The summed E-state index contributed by atoms with van der Waals surface area (Å²) < 4.78 is 5.25. The highest BCUT2D eigenvalue weighted by molar-refractivity contribution is 7.13. The van der Waals surface area contributed by atoms with E-state index in [4.69, 9.17) is 4.74 Å². The number of cyclic esters (lactones) is 1. The van der Waals surface area contributed by atoms with Gasteiger partial charge in [-0.2, -0.15) is 0 Å². The Morgan fingerprint density at radius 2 is 1.96 bits per heavy atom. The number of carbonyl (C=O) groups excluding carboxylic acids is 2. The lowest BCUT2D eigenvalue weighted by molar-refractivity contribution is 0.0623. The third-order valence-corrected chi connectivity index (χ3v) is 6.02. The number of hydrogen-bond acceptors (Lipinski definition) is 5. The summed E-state index contributed by atoms with van der Waals surface area (Å²) in [6.45, 7) is 9.88. The van der Waals surface area contributed by atoms with Gasteiger partial charge in [0, 0.05) is 19.1 Å². The van der Waals surface area contributed by atoms with E-state index in [1.54, 1.807) is 0 Å². The molecule has 0 radical (unpaired) electrons. The van der Waals surface area contributed by atoms with Crippen LogP contribution in [0.5, 0.6) is 0 Å². The zero-order chi connectivity index (χ0) is 17.4. The van der Waals surface area contributed by atoms with E-state index in [-0.39, 0.29) is 24.1 Å². The lowest BCUT2D eigenvalue weighted by Gasteiger charge is -2.38. The van der Waals surface area contributed by atoms with E-state index < -0.39 is 0 Å². The number of likely N-dealkylation sites (tertiary alicyclic amines) is 1. The zero-order valence-corrected chi connectivity index (χ0v) is 15.6. The molecule has 1 atom stereocenters. The fourth-order valence-corrected chi connectivity index (χ4v) is 4.49. The Bertz CT molecular complexity index is 635. The van der Waals surface area contributed by atoms with Crippen molar-refractivity contribution in [1.82, 2.24) is 14.8 Å². The number of carbonyl (C=O) groups is 2. The fraction of sp³-hybridized carbons (Fsp3) is 0.706. The van der Waals surface area contributed by atoms with Crippen molar-refractivity contribution in [2.75, 3.05) is 19.7 Å². The van der Waals surface area contributed by atoms with Gasteiger partial charge in [0.25, 0.3) is 5.91 Å². The molecule has 1 aromatic rings. The van der Waals surface area contributed by atoms with Gasteiger partial charge in [-0.15, -0.1) is 11.3 Å². The number of rotatable bonds is 3. The Hall–Kier alpha value is -1.63. The number of hydrogen-bond donors (Lipinski definition) is 0. The van der Waals surface area contributed by atoms with E-state index in [1.807, 2.05) is 23.6 Å². The number of aryl methyl sites for hydroxylation is 2. The molecule has 2 amide bonds. The molecule has 0 saturated carbocycles. The predicted octanol–water partition coefficient (Wildman–Crippen LogP) is 2.84. The molecule has 0 bridgehead atoms. The van der Waals surface area contributed by atoms with Gasteiger partial charge in [-0.25, -0.2) is 9.78 Å². The van der Waals surface area contributed by atoms with Crippen molar-refractivity contribution in [3.63, 3.8) is 0 Å². The molecule has 0 spiro atoms. The van der Waals surface area contributed by atoms with Crippen molar-refractivity contribution in [1.29, 1.82) is 0 Å². The second-order valence-electron chi connectivity index (χ2n) is 6.97. The summed E-state index contributed by atoms with van der Waals surface area (Å²) in [5, 5.41) is 0.922. The summed E-state index contributed by atoms with van der Waals surface area (Å²) >= 11 is 1.46. The van der Waals surface area contributed by atoms with Gasteiger partial charge in [-0.05, 0) is 32.6 Å². The first-order chi connectivity index (χ1) is 11.4. The Kier molecular flexibility index (Phi) is 4.80. The Morgan fingerprint density at radius 1 is 1.29 bits per heavy atom. The minimum atomic E-state index is -0.201. The molecule has 2 fully saturated rings. The monoisotopic (exact) mass is 351 g/mol. The topological polar surface area (TPSA) is 62.7 Å². The molecule has 7 heteroatoms. The number of amides is 2. The van der Waals surface area contributed by atoms with Gasteiger partial charge < -0.3 is 9.64 Å². The van der Waals surface area contributed by atoms with Gasteiger partial charge in [0.1, 0.15) is 11.5 Å². The fourth-order valence-electron chi connectivity index (χ4n) is 3.60. The molecule has 0 N–H and O–H groups in total. The standard InChI is InChI=1S/C17H25N3O3S/c1-10(2)14-9-23-17(22)20(14)13-5-7-19(8-6-13)16(21)15-11(3)18-12(4)24-15/h10,13-14H,5-9H2,1-4H3. The third-order valence-electron chi connectivity index (χ3n) is 4.96. The van der Waals surface area contributed by atoms with Crippen molar-refractivity contribution in [3.05, 3.63) is 15.6 Å². The molecule has 3 heterocycles. The van der Waals surface area contributed by atoms with Crippen LogP contribution < -0.4 is 0 Å². The van der Waals surface area contributed by atoms with Crippen LogP contribution in [0.15, 0.2) is 0 Å². The van der Waals surface area contributed by atoms with Crippen LogP contribution in [0.3, 0.4) is 0 Å². The lowest BCUT2D eigenvalue weighted by atomic mass is 9.97. The quantitative estimate of drug-likeness (QED) is 0.840. The molecule has 2 saturated heterocycles. The van der Waals surface area contributed by atoms with Crippen LogP contribution >= 0.6 is 11.3 Å². The van der Waals surface area contributed by atoms with Gasteiger partial charge in [0.05, 0.1) is 16.7 Å². The van der Waals surface area contributed by atoms with Crippen LogP contribution in [0, 0.1) is 19.8 Å². The van der Waals surface area contributed by atoms with Crippen LogP contribution in [0.25, 0.3) is 0 Å². The molecule has 0 aliphatic carbocycles. The minimum Gasteiger partial charge on any atom is -0.447 e. The smallest absolute Gasteiger partial charge is 0.410 e. The van der Waals surface area contributed by atoms with Gasteiger partial charge in [0.15, 0.2) is 0 Å². The number of piperidine rings is 1. The molecular weight excluding hydrogens is 326 g/mol. The van der Waals surface area contributed by atoms with Crippen molar-refractivity contribution in [2.24, 2.45) is 5.92 Å². The summed E-state index contributed by atoms with van der Waals surface area (Å²) in [6, 6.07) is 0.317. The summed E-state index contributed by atoms with van der Waals surface area (Å²) in [5.41, 5.74) is 0.813. The Labute approximate surface area is 146 Å². The van der Waals surface area contributed by atoms with E-state index in [2.05, 4.69) is 18.8 Å². The summed E-state index contributed by atoms with van der Waals surface area (Å²) in [6.07, 6.45) is 1.41. The first kappa shape index (κ1) is 17.2. The van der Waals surface area contributed by atoms with E-state index in [1.165, 1.54) is 11.3 Å². The predicted molar refractivity (Wildman–Crippen MR) is 92.3 cm³/mol. The van der Waals surface area contributed by atoms with Gasteiger partial charge in [-0.3, -0.25) is 9.69 Å². The van der Waals surface area contributed by atoms with Crippen molar-refractivity contribution >= 4 is 23.3 Å². The number of ether oxygens (including phenoxy) is 1. The first-order valence-electron chi connectivity index (χ1n) is 8.57. The highest BCUT2D eigenvalue weighted by Gasteiger charge is 2.41. The molecule has 132 valence electrons. The second-order valence-corrected chi connectivity index (χ2v) is 8.17. The molecule has 6 nitrogen and oxygen atoms in total. The van der Waals surface area contributed by atoms with Crippen LogP contribution in [-0.2, 0) is 4.74 Å². The van der Waals surface area contributed by atoms with Gasteiger partial charge in [-0.1, -0.05) is 13.8 Å². The van der Waals surface area contributed by atoms with Gasteiger partial charge >= 0.3 is 6.09 Å². The van der Waals surface area contributed by atoms with Crippen LogP contribution in [0.1, 0.15) is 47.1 Å². The van der Waals surface area contributed by atoms with Crippen LogP contribution in [0.2, 0.25) is 0 Å². The maximum absolute atomic E-state index is 12.7. The van der Waals surface area contributed by atoms with Crippen LogP contribution in [-0.4, -0.2) is 58.6 Å². The second kappa shape index (κ2) is 6.70. The third kappa shape index (κ3) is 3.14.